The van der Waals surface area contributed by atoms with Gasteiger partial charge in [-0.2, -0.15) is 0 Å². The smallest absolute Gasteiger partial charge is 0.123 e. The SMILES string of the molecule is CCOc1ccc(CN2CCC(OC)C2)cc1CN(C)C. The van der Waals surface area contributed by atoms with E-state index in [4.69, 9.17) is 9.47 Å². The van der Waals surface area contributed by atoms with Gasteiger partial charge in [-0.3, -0.25) is 4.90 Å². The maximum Gasteiger partial charge on any atom is 0.123 e. The van der Waals surface area contributed by atoms with Crippen molar-refractivity contribution in [2.45, 2.75) is 32.5 Å². The largest absolute Gasteiger partial charge is 0.494 e. The van der Waals surface area contributed by atoms with E-state index in [1.807, 2.05) is 6.92 Å². The molecule has 1 aromatic rings. The van der Waals surface area contributed by atoms with Gasteiger partial charge in [0.1, 0.15) is 5.75 Å². The number of rotatable bonds is 7. The van der Waals surface area contributed by atoms with Gasteiger partial charge in [0.15, 0.2) is 0 Å². The monoisotopic (exact) mass is 292 g/mol. The average molecular weight is 292 g/mol. The second kappa shape index (κ2) is 7.78. The van der Waals surface area contributed by atoms with Crippen molar-refractivity contribution in [1.82, 2.24) is 9.80 Å². The van der Waals surface area contributed by atoms with Gasteiger partial charge in [0.25, 0.3) is 0 Å². The van der Waals surface area contributed by atoms with E-state index in [0.717, 1.165) is 38.3 Å². The zero-order valence-electron chi connectivity index (χ0n) is 13.8. The highest BCUT2D eigenvalue weighted by Crippen LogP contribution is 2.23. The van der Waals surface area contributed by atoms with Crippen molar-refractivity contribution in [3.8, 4) is 5.75 Å². The first-order chi connectivity index (χ1) is 10.1. The van der Waals surface area contributed by atoms with Gasteiger partial charge in [0.05, 0.1) is 12.7 Å². The Balaban J connectivity index is 2.06. The van der Waals surface area contributed by atoms with Crippen LogP contribution in [0.25, 0.3) is 0 Å². The van der Waals surface area contributed by atoms with Crippen LogP contribution in [0.3, 0.4) is 0 Å². The third-order valence-electron chi connectivity index (χ3n) is 3.88. The minimum Gasteiger partial charge on any atom is -0.494 e. The minimum absolute atomic E-state index is 0.397. The lowest BCUT2D eigenvalue weighted by Crippen LogP contribution is -2.22. The molecule has 1 heterocycles. The van der Waals surface area contributed by atoms with E-state index < -0.39 is 0 Å². The number of methoxy groups -OCH3 is 1. The summed E-state index contributed by atoms with van der Waals surface area (Å²) >= 11 is 0. The molecule has 1 aliphatic heterocycles. The number of likely N-dealkylation sites (tertiary alicyclic amines) is 1. The molecule has 4 heteroatoms. The van der Waals surface area contributed by atoms with Crippen LogP contribution in [0.2, 0.25) is 0 Å². The normalized spacial score (nSPS) is 19.4. The molecule has 1 saturated heterocycles. The van der Waals surface area contributed by atoms with Crippen LogP contribution in [-0.4, -0.2) is 56.8 Å². The van der Waals surface area contributed by atoms with Crippen LogP contribution >= 0.6 is 0 Å². The minimum atomic E-state index is 0.397. The first-order valence-electron chi connectivity index (χ1n) is 7.76. The van der Waals surface area contributed by atoms with E-state index in [2.05, 4.69) is 42.1 Å². The molecule has 1 aromatic carbocycles. The Morgan fingerprint density at radius 3 is 2.76 bits per heavy atom. The van der Waals surface area contributed by atoms with Gasteiger partial charge in [-0.05, 0) is 45.1 Å². The van der Waals surface area contributed by atoms with Crippen molar-refractivity contribution in [3.05, 3.63) is 29.3 Å². The van der Waals surface area contributed by atoms with Crippen molar-refractivity contribution in [1.29, 1.82) is 0 Å². The van der Waals surface area contributed by atoms with Crippen LogP contribution in [0, 0.1) is 0 Å². The van der Waals surface area contributed by atoms with Crippen LogP contribution in [0.15, 0.2) is 18.2 Å². The summed E-state index contributed by atoms with van der Waals surface area (Å²) in [5.41, 5.74) is 2.62. The summed E-state index contributed by atoms with van der Waals surface area (Å²) < 4.78 is 11.2. The molecule has 0 saturated carbocycles. The van der Waals surface area contributed by atoms with Gasteiger partial charge in [0.2, 0.25) is 0 Å². The number of hydrogen-bond acceptors (Lipinski definition) is 4. The van der Waals surface area contributed by atoms with E-state index >= 15 is 0 Å². The zero-order chi connectivity index (χ0) is 15.2. The van der Waals surface area contributed by atoms with E-state index in [0.29, 0.717) is 12.7 Å². The fraction of sp³-hybridized carbons (Fsp3) is 0.647. The fourth-order valence-corrected chi connectivity index (χ4v) is 2.88. The topological polar surface area (TPSA) is 24.9 Å². The quantitative estimate of drug-likeness (QED) is 0.770. The molecule has 1 unspecified atom stereocenters. The lowest BCUT2D eigenvalue weighted by molar-refractivity contribution is 0.107. The van der Waals surface area contributed by atoms with Crippen molar-refractivity contribution in [2.24, 2.45) is 0 Å². The first kappa shape index (κ1) is 16.3. The molecule has 0 N–H and O–H groups in total. The van der Waals surface area contributed by atoms with Crippen molar-refractivity contribution < 1.29 is 9.47 Å². The Kier molecular flexibility index (Phi) is 6.03. The third kappa shape index (κ3) is 4.70. The Bertz CT molecular complexity index is 448. The Morgan fingerprint density at radius 2 is 2.14 bits per heavy atom. The molecule has 0 amide bonds. The molecule has 0 spiro atoms. The Morgan fingerprint density at radius 1 is 1.33 bits per heavy atom. The molecule has 21 heavy (non-hydrogen) atoms. The second-order valence-corrected chi connectivity index (χ2v) is 5.99. The molecule has 2 rings (SSSR count). The molecule has 1 atom stereocenters. The zero-order valence-corrected chi connectivity index (χ0v) is 13.8. The lowest BCUT2D eigenvalue weighted by atomic mass is 10.1. The number of hydrogen-bond donors (Lipinski definition) is 0. The number of benzene rings is 1. The molecule has 0 aliphatic carbocycles. The van der Waals surface area contributed by atoms with Gasteiger partial charge < -0.3 is 14.4 Å². The molecule has 0 radical (unpaired) electrons. The van der Waals surface area contributed by atoms with Crippen molar-refractivity contribution in [2.75, 3.05) is 40.9 Å². The van der Waals surface area contributed by atoms with E-state index in [1.165, 1.54) is 11.1 Å². The summed E-state index contributed by atoms with van der Waals surface area (Å²) in [6.07, 6.45) is 1.53. The molecule has 0 aromatic heterocycles. The molecule has 0 bridgehead atoms. The maximum atomic E-state index is 5.74. The molecule has 118 valence electrons. The van der Waals surface area contributed by atoms with Gasteiger partial charge in [0, 0.05) is 38.9 Å². The van der Waals surface area contributed by atoms with E-state index in [1.54, 1.807) is 7.11 Å². The summed E-state index contributed by atoms with van der Waals surface area (Å²) in [5.74, 6) is 1.01. The summed E-state index contributed by atoms with van der Waals surface area (Å²) in [6, 6.07) is 6.58. The summed E-state index contributed by atoms with van der Waals surface area (Å²) in [5, 5.41) is 0. The molecule has 1 fully saturated rings. The molecule has 4 nitrogen and oxygen atoms in total. The van der Waals surface area contributed by atoms with Gasteiger partial charge >= 0.3 is 0 Å². The molecule has 1 aliphatic rings. The van der Waals surface area contributed by atoms with Gasteiger partial charge in [-0.15, -0.1) is 0 Å². The predicted molar refractivity (Wildman–Crippen MR) is 85.7 cm³/mol. The van der Waals surface area contributed by atoms with Crippen LogP contribution in [0.5, 0.6) is 5.75 Å². The van der Waals surface area contributed by atoms with Crippen LogP contribution < -0.4 is 4.74 Å². The van der Waals surface area contributed by atoms with E-state index in [9.17, 15) is 0 Å². The van der Waals surface area contributed by atoms with E-state index in [-0.39, 0.29) is 0 Å². The highest BCUT2D eigenvalue weighted by Gasteiger charge is 2.22. The predicted octanol–water partition coefficient (Wildman–Crippen LogP) is 2.37. The fourth-order valence-electron chi connectivity index (χ4n) is 2.88. The van der Waals surface area contributed by atoms with Crippen LogP contribution in [0.4, 0.5) is 0 Å². The number of nitrogens with zero attached hydrogens (tertiary/aromatic N) is 2. The summed E-state index contributed by atoms with van der Waals surface area (Å²) in [7, 11) is 5.98. The van der Waals surface area contributed by atoms with Gasteiger partial charge in [-0.1, -0.05) is 6.07 Å². The van der Waals surface area contributed by atoms with Gasteiger partial charge in [-0.25, -0.2) is 0 Å². The highest BCUT2D eigenvalue weighted by molar-refractivity contribution is 5.37. The molecular formula is C17H28N2O2. The summed E-state index contributed by atoms with van der Waals surface area (Å²) in [4.78, 5) is 4.64. The third-order valence-corrected chi connectivity index (χ3v) is 3.88. The second-order valence-electron chi connectivity index (χ2n) is 5.99. The Labute approximate surface area is 128 Å². The Hall–Kier alpha value is -1.10. The first-order valence-corrected chi connectivity index (χ1v) is 7.76. The average Bonchev–Trinajstić information content (AvgIpc) is 2.89. The standard InChI is InChI=1S/C17H28N2O2/c1-5-21-17-7-6-14(10-15(17)12-18(2)3)11-19-9-8-16(13-19)20-4/h6-7,10,16H,5,8-9,11-13H2,1-4H3. The van der Waals surface area contributed by atoms with Crippen LogP contribution in [0.1, 0.15) is 24.5 Å². The van der Waals surface area contributed by atoms with Crippen molar-refractivity contribution >= 4 is 0 Å². The van der Waals surface area contributed by atoms with Crippen molar-refractivity contribution in [3.63, 3.8) is 0 Å². The lowest BCUT2D eigenvalue weighted by Gasteiger charge is -2.19. The highest BCUT2D eigenvalue weighted by atomic mass is 16.5. The number of ether oxygens (including phenoxy) is 2. The van der Waals surface area contributed by atoms with Crippen LogP contribution in [-0.2, 0) is 17.8 Å². The molecular weight excluding hydrogens is 264 g/mol. The maximum absolute atomic E-state index is 5.74. The summed E-state index contributed by atoms with van der Waals surface area (Å²) in [6.45, 7) is 6.79.